The molecule has 0 heterocycles. The molecule has 2 N–H and O–H groups in total. The summed E-state index contributed by atoms with van der Waals surface area (Å²) in [4.78, 5) is 22.9. The molecule has 2 aliphatic carbocycles. The Labute approximate surface area is 112 Å². The predicted molar refractivity (Wildman–Crippen MR) is 70.5 cm³/mol. The fraction of sp³-hybridized carbons (Fsp3) is 0.600. The third-order valence-electron chi connectivity index (χ3n) is 4.68. The maximum atomic E-state index is 11.8. The number of carbonyl (C=O) groups excluding carboxylic acids is 1. The number of aliphatic hydroxyl groups is 1. The SMILES string of the molecule is C=C(C(=O)O)[C@@H]1CC2=C(C)C(=O)C[C@H]2[C@@H](C)C[C@@H]1O. The van der Waals surface area contributed by atoms with Gasteiger partial charge in [-0.2, -0.15) is 0 Å². The Bertz CT molecular complexity index is 475. The molecule has 4 nitrogen and oxygen atoms in total. The first-order valence-electron chi connectivity index (χ1n) is 6.66. The maximum absolute atomic E-state index is 11.8. The lowest BCUT2D eigenvalue weighted by atomic mass is 9.86. The van der Waals surface area contributed by atoms with Gasteiger partial charge in [0.05, 0.1) is 6.10 Å². The molecule has 2 rings (SSSR count). The number of Topliss-reactive ketones (excluding diaryl/α,β-unsaturated/α-hetero) is 1. The number of hydrogen-bond acceptors (Lipinski definition) is 3. The van der Waals surface area contributed by atoms with E-state index >= 15 is 0 Å². The molecule has 1 fully saturated rings. The number of carboxylic acids is 1. The Hall–Kier alpha value is -1.42. The number of aliphatic hydroxyl groups excluding tert-OH is 1. The van der Waals surface area contributed by atoms with Crippen molar-refractivity contribution in [1.29, 1.82) is 0 Å². The summed E-state index contributed by atoms with van der Waals surface area (Å²) in [6, 6.07) is 0. The summed E-state index contributed by atoms with van der Waals surface area (Å²) in [5.74, 6) is -1.05. The van der Waals surface area contributed by atoms with Gasteiger partial charge in [-0.1, -0.05) is 19.1 Å². The van der Waals surface area contributed by atoms with E-state index in [1.807, 2.05) is 13.8 Å². The van der Waals surface area contributed by atoms with Crippen molar-refractivity contribution in [3.8, 4) is 0 Å². The molecule has 0 aromatic carbocycles. The van der Waals surface area contributed by atoms with Crippen LogP contribution in [0.5, 0.6) is 0 Å². The molecule has 0 radical (unpaired) electrons. The van der Waals surface area contributed by atoms with E-state index in [1.54, 1.807) is 0 Å². The first-order chi connectivity index (χ1) is 8.82. The minimum atomic E-state index is -1.07. The Morgan fingerprint density at radius 2 is 2.00 bits per heavy atom. The van der Waals surface area contributed by atoms with E-state index in [0.29, 0.717) is 19.3 Å². The molecule has 19 heavy (non-hydrogen) atoms. The zero-order chi connectivity index (χ0) is 14.3. The summed E-state index contributed by atoms with van der Waals surface area (Å²) in [5, 5.41) is 19.3. The van der Waals surface area contributed by atoms with Gasteiger partial charge in [0.1, 0.15) is 0 Å². The van der Waals surface area contributed by atoms with Gasteiger partial charge in [0, 0.05) is 17.9 Å². The van der Waals surface area contributed by atoms with E-state index < -0.39 is 18.0 Å². The highest BCUT2D eigenvalue weighted by Gasteiger charge is 2.41. The second-order valence-corrected chi connectivity index (χ2v) is 5.81. The van der Waals surface area contributed by atoms with Crippen LogP contribution in [0.3, 0.4) is 0 Å². The Morgan fingerprint density at radius 1 is 1.37 bits per heavy atom. The Morgan fingerprint density at radius 3 is 2.58 bits per heavy atom. The lowest BCUT2D eigenvalue weighted by Gasteiger charge is -2.21. The van der Waals surface area contributed by atoms with Crippen LogP contribution in [-0.4, -0.2) is 28.1 Å². The number of hydrogen-bond donors (Lipinski definition) is 2. The number of allylic oxidation sites excluding steroid dienone is 2. The zero-order valence-electron chi connectivity index (χ0n) is 11.3. The number of carbonyl (C=O) groups is 2. The fourth-order valence-corrected chi connectivity index (χ4v) is 3.38. The zero-order valence-corrected chi connectivity index (χ0v) is 11.3. The minimum Gasteiger partial charge on any atom is -0.478 e. The summed E-state index contributed by atoms with van der Waals surface area (Å²) < 4.78 is 0. The van der Waals surface area contributed by atoms with E-state index in [0.717, 1.165) is 11.1 Å². The third-order valence-corrected chi connectivity index (χ3v) is 4.68. The lowest BCUT2D eigenvalue weighted by molar-refractivity contribution is -0.133. The number of carboxylic acid groups (broad SMARTS) is 1. The average molecular weight is 264 g/mol. The molecule has 0 spiro atoms. The van der Waals surface area contributed by atoms with Crippen LogP contribution in [0.2, 0.25) is 0 Å². The van der Waals surface area contributed by atoms with Crippen LogP contribution in [0, 0.1) is 17.8 Å². The molecule has 0 saturated heterocycles. The smallest absolute Gasteiger partial charge is 0.331 e. The molecular formula is C15H20O4. The Kier molecular flexibility index (Phi) is 3.63. The van der Waals surface area contributed by atoms with Crippen molar-refractivity contribution in [2.24, 2.45) is 17.8 Å². The third kappa shape index (κ3) is 2.37. The van der Waals surface area contributed by atoms with Gasteiger partial charge < -0.3 is 10.2 Å². The van der Waals surface area contributed by atoms with Crippen molar-refractivity contribution < 1.29 is 19.8 Å². The second-order valence-electron chi connectivity index (χ2n) is 5.81. The van der Waals surface area contributed by atoms with Crippen molar-refractivity contribution in [2.45, 2.75) is 39.2 Å². The predicted octanol–water partition coefficient (Wildman–Crippen LogP) is 1.94. The standard InChI is InChI=1S/C15H20O4/c1-7-4-14(17)12(9(3)15(18)19)5-11-8(2)13(16)6-10(7)11/h7,10,12,14,17H,3-6H2,1-2H3,(H,18,19)/t7-,10-,12-,14-/m0/s1. The molecule has 0 aromatic rings. The molecule has 0 aromatic heterocycles. The topological polar surface area (TPSA) is 74.6 Å². The number of aliphatic carboxylic acids is 1. The summed E-state index contributed by atoms with van der Waals surface area (Å²) in [6.45, 7) is 7.41. The quantitative estimate of drug-likeness (QED) is 0.747. The monoisotopic (exact) mass is 264 g/mol. The van der Waals surface area contributed by atoms with E-state index in [-0.39, 0.29) is 23.2 Å². The van der Waals surface area contributed by atoms with Crippen LogP contribution in [-0.2, 0) is 9.59 Å². The molecule has 1 saturated carbocycles. The van der Waals surface area contributed by atoms with Crippen molar-refractivity contribution in [3.63, 3.8) is 0 Å². The van der Waals surface area contributed by atoms with Gasteiger partial charge in [-0.05, 0) is 37.2 Å². The van der Waals surface area contributed by atoms with Gasteiger partial charge >= 0.3 is 5.97 Å². The van der Waals surface area contributed by atoms with Gasteiger partial charge in [0.2, 0.25) is 0 Å². The van der Waals surface area contributed by atoms with E-state index in [9.17, 15) is 14.7 Å². The van der Waals surface area contributed by atoms with Crippen LogP contribution in [0.4, 0.5) is 0 Å². The normalized spacial score (nSPS) is 35.0. The van der Waals surface area contributed by atoms with Crippen molar-refractivity contribution >= 4 is 11.8 Å². The van der Waals surface area contributed by atoms with Crippen LogP contribution in [0.1, 0.15) is 33.1 Å². The van der Waals surface area contributed by atoms with Crippen molar-refractivity contribution in [2.75, 3.05) is 0 Å². The Balaban J connectivity index is 2.37. The molecule has 4 atom stereocenters. The fourth-order valence-electron chi connectivity index (χ4n) is 3.38. The highest BCUT2D eigenvalue weighted by atomic mass is 16.4. The number of ketones is 1. The van der Waals surface area contributed by atoms with Gasteiger partial charge in [-0.25, -0.2) is 4.79 Å². The van der Waals surface area contributed by atoms with Crippen LogP contribution >= 0.6 is 0 Å². The van der Waals surface area contributed by atoms with Crippen LogP contribution in [0.15, 0.2) is 23.3 Å². The van der Waals surface area contributed by atoms with E-state index in [2.05, 4.69) is 6.58 Å². The lowest BCUT2D eigenvalue weighted by Crippen LogP contribution is -2.25. The van der Waals surface area contributed by atoms with Gasteiger partial charge in [-0.3, -0.25) is 4.79 Å². The van der Waals surface area contributed by atoms with Gasteiger partial charge in [-0.15, -0.1) is 0 Å². The molecule has 4 heteroatoms. The van der Waals surface area contributed by atoms with Crippen molar-refractivity contribution in [1.82, 2.24) is 0 Å². The first kappa shape index (κ1) is 14.0. The summed E-state index contributed by atoms with van der Waals surface area (Å²) in [5.41, 5.74) is 1.83. The first-order valence-corrected chi connectivity index (χ1v) is 6.66. The summed E-state index contributed by atoms with van der Waals surface area (Å²) in [6.07, 6.45) is 0.769. The van der Waals surface area contributed by atoms with Crippen LogP contribution < -0.4 is 0 Å². The molecule has 0 aliphatic heterocycles. The molecule has 0 bridgehead atoms. The number of fused-ring (bicyclic) bond motifs is 1. The second kappa shape index (κ2) is 4.93. The highest BCUT2D eigenvalue weighted by molar-refractivity contribution is 5.98. The van der Waals surface area contributed by atoms with E-state index in [1.165, 1.54) is 0 Å². The average Bonchev–Trinajstić information content (AvgIpc) is 2.54. The molecule has 0 unspecified atom stereocenters. The summed E-state index contributed by atoms with van der Waals surface area (Å²) in [7, 11) is 0. The molecule has 2 aliphatic rings. The van der Waals surface area contributed by atoms with Gasteiger partial charge in [0.15, 0.2) is 5.78 Å². The largest absolute Gasteiger partial charge is 0.478 e. The minimum absolute atomic E-state index is 0.0417. The highest BCUT2D eigenvalue weighted by Crippen LogP contribution is 2.45. The maximum Gasteiger partial charge on any atom is 0.331 e. The van der Waals surface area contributed by atoms with Crippen molar-refractivity contribution in [3.05, 3.63) is 23.3 Å². The van der Waals surface area contributed by atoms with Crippen LogP contribution in [0.25, 0.3) is 0 Å². The molecule has 0 amide bonds. The molecule has 104 valence electrons. The number of rotatable bonds is 2. The van der Waals surface area contributed by atoms with Gasteiger partial charge in [0.25, 0.3) is 0 Å². The summed E-state index contributed by atoms with van der Waals surface area (Å²) >= 11 is 0. The van der Waals surface area contributed by atoms with E-state index in [4.69, 9.17) is 5.11 Å². The molecular weight excluding hydrogens is 244 g/mol.